The summed E-state index contributed by atoms with van der Waals surface area (Å²) in [4.78, 5) is 12.5. The zero-order valence-corrected chi connectivity index (χ0v) is 17.1. The van der Waals surface area contributed by atoms with E-state index in [1.807, 2.05) is 30.3 Å². The molecular weight excluding hydrogens is 370 g/mol. The van der Waals surface area contributed by atoms with Crippen LogP contribution in [0.1, 0.15) is 66.9 Å². The molecule has 0 heterocycles. The number of rotatable bonds is 5. The second-order valence-electron chi connectivity index (χ2n) is 7.75. The second kappa shape index (κ2) is 9.12. The van der Waals surface area contributed by atoms with Crippen LogP contribution >= 0.6 is 11.6 Å². The molecule has 0 unspecified atom stereocenters. The van der Waals surface area contributed by atoms with Gasteiger partial charge in [0.2, 0.25) is 0 Å². The van der Waals surface area contributed by atoms with E-state index in [1.54, 1.807) is 12.1 Å². The average Bonchev–Trinajstić information content (AvgIpc) is 2.69. The number of nitrogens with one attached hydrogen (secondary N) is 2. The number of carbonyl (C=O) groups is 1. The number of nitrogens with zero attached hydrogens (tertiary/aromatic N) is 1. The lowest BCUT2D eigenvalue weighted by molar-refractivity contribution is 0.0926. The maximum atomic E-state index is 12.5. The molecule has 0 radical (unpaired) electrons. The van der Waals surface area contributed by atoms with E-state index in [4.69, 9.17) is 16.9 Å². The number of carbonyl (C=O) groups excluding carboxylic acids is 1. The van der Waals surface area contributed by atoms with E-state index in [2.05, 4.69) is 30.6 Å². The molecule has 0 aromatic heterocycles. The van der Waals surface area contributed by atoms with Crippen molar-refractivity contribution >= 4 is 23.2 Å². The van der Waals surface area contributed by atoms with E-state index in [9.17, 15) is 4.79 Å². The Bertz CT molecular complexity index is 862. The van der Waals surface area contributed by atoms with Gasteiger partial charge >= 0.3 is 0 Å². The summed E-state index contributed by atoms with van der Waals surface area (Å²) in [5.41, 5.74) is 3.38. The van der Waals surface area contributed by atoms with Crippen LogP contribution in [0.25, 0.3) is 0 Å². The van der Waals surface area contributed by atoms with Gasteiger partial charge in [-0.2, -0.15) is 5.26 Å². The molecule has 0 bridgehead atoms. The van der Waals surface area contributed by atoms with E-state index >= 15 is 0 Å². The van der Waals surface area contributed by atoms with Crippen LogP contribution in [0.5, 0.6) is 0 Å². The van der Waals surface area contributed by atoms with Crippen molar-refractivity contribution in [1.29, 1.82) is 5.26 Å². The van der Waals surface area contributed by atoms with Crippen LogP contribution in [0.2, 0.25) is 5.02 Å². The van der Waals surface area contributed by atoms with Crippen LogP contribution in [0, 0.1) is 11.3 Å². The van der Waals surface area contributed by atoms with Gasteiger partial charge in [-0.15, -0.1) is 0 Å². The molecule has 0 aliphatic heterocycles. The summed E-state index contributed by atoms with van der Waals surface area (Å²) in [5.74, 6) is 0.469. The average molecular weight is 396 g/mol. The van der Waals surface area contributed by atoms with Gasteiger partial charge < -0.3 is 10.6 Å². The fourth-order valence-electron chi connectivity index (χ4n) is 3.60. The van der Waals surface area contributed by atoms with Crippen molar-refractivity contribution in [1.82, 2.24) is 5.32 Å². The Labute approximate surface area is 171 Å². The van der Waals surface area contributed by atoms with Gasteiger partial charge in [-0.1, -0.05) is 37.6 Å². The number of halogens is 1. The molecule has 0 atom stereocenters. The molecule has 0 saturated heterocycles. The minimum atomic E-state index is 0.00518. The Hall–Kier alpha value is -2.51. The molecule has 5 heteroatoms. The standard InChI is InChI=1S/C23H26ClN3O/c1-15(2)16-3-5-17(6-4-16)23(28)27-20-11-9-19(10-12-20)26-21-8-7-18(14-25)22(24)13-21/h3-8,13,15,19-20,26H,9-12H2,1-2H3,(H,27,28)/t19-,20-. The van der Waals surface area contributed by atoms with Crippen molar-refractivity contribution in [2.45, 2.75) is 57.5 Å². The predicted molar refractivity (Wildman–Crippen MR) is 114 cm³/mol. The molecule has 2 aromatic rings. The zero-order valence-electron chi connectivity index (χ0n) is 16.3. The van der Waals surface area contributed by atoms with E-state index in [0.717, 1.165) is 36.9 Å². The van der Waals surface area contributed by atoms with E-state index in [0.29, 0.717) is 22.5 Å². The number of anilines is 1. The Balaban J connectivity index is 1.49. The Morgan fingerprint density at radius 2 is 1.71 bits per heavy atom. The Morgan fingerprint density at radius 1 is 1.07 bits per heavy atom. The van der Waals surface area contributed by atoms with Crippen LogP contribution < -0.4 is 10.6 Å². The normalized spacial score (nSPS) is 19.1. The first-order valence-corrected chi connectivity index (χ1v) is 10.2. The zero-order chi connectivity index (χ0) is 20.1. The molecule has 3 rings (SSSR count). The van der Waals surface area contributed by atoms with E-state index in [-0.39, 0.29) is 11.9 Å². The molecule has 4 nitrogen and oxygen atoms in total. The fourth-order valence-corrected chi connectivity index (χ4v) is 3.82. The first-order chi connectivity index (χ1) is 13.5. The largest absolute Gasteiger partial charge is 0.382 e. The Morgan fingerprint density at radius 3 is 2.29 bits per heavy atom. The summed E-state index contributed by atoms with van der Waals surface area (Å²) in [7, 11) is 0. The third-order valence-corrected chi connectivity index (χ3v) is 5.67. The number of amides is 1. The van der Waals surface area contributed by atoms with Crippen molar-refractivity contribution in [2.24, 2.45) is 0 Å². The van der Waals surface area contributed by atoms with Crippen molar-refractivity contribution in [3.8, 4) is 6.07 Å². The number of hydrogen-bond acceptors (Lipinski definition) is 3. The lowest BCUT2D eigenvalue weighted by Gasteiger charge is -2.30. The quantitative estimate of drug-likeness (QED) is 0.703. The third kappa shape index (κ3) is 5.05. The number of hydrogen-bond donors (Lipinski definition) is 2. The molecule has 2 N–H and O–H groups in total. The van der Waals surface area contributed by atoms with Gasteiger partial charge in [0.05, 0.1) is 10.6 Å². The van der Waals surface area contributed by atoms with Gasteiger partial charge in [0.1, 0.15) is 6.07 Å². The highest BCUT2D eigenvalue weighted by Crippen LogP contribution is 2.25. The summed E-state index contributed by atoms with van der Waals surface area (Å²) in [6.45, 7) is 4.29. The van der Waals surface area contributed by atoms with Crippen molar-refractivity contribution in [2.75, 3.05) is 5.32 Å². The molecule has 2 aromatic carbocycles. The van der Waals surface area contributed by atoms with Gasteiger partial charge in [0, 0.05) is 23.3 Å². The molecule has 0 spiro atoms. The van der Waals surface area contributed by atoms with Gasteiger partial charge in [0.15, 0.2) is 0 Å². The first kappa shape index (κ1) is 20.2. The molecule has 1 aliphatic carbocycles. The van der Waals surface area contributed by atoms with Gasteiger partial charge in [-0.25, -0.2) is 0 Å². The van der Waals surface area contributed by atoms with Gasteiger partial charge in [0.25, 0.3) is 5.91 Å². The highest BCUT2D eigenvalue weighted by atomic mass is 35.5. The third-order valence-electron chi connectivity index (χ3n) is 5.36. The summed E-state index contributed by atoms with van der Waals surface area (Å²) in [5, 5.41) is 16.1. The van der Waals surface area contributed by atoms with Gasteiger partial charge in [-0.05, 0) is 67.5 Å². The summed E-state index contributed by atoms with van der Waals surface area (Å²) in [6, 6.07) is 15.9. The van der Waals surface area contributed by atoms with Crippen molar-refractivity contribution in [3.05, 3.63) is 64.2 Å². The van der Waals surface area contributed by atoms with Crippen LogP contribution in [-0.2, 0) is 0 Å². The van der Waals surface area contributed by atoms with Crippen LogP contribution in [0.4, 0.5) is 5.69 Å². The number of benzene rings is 2. The van der Waals surface area contributed by atoms with Crippen LogP contribution in [0.3, 0.4) is 0 Å². The molecule has 1 amide bonds. The van der Waals surface area contributed by atoms with Crippen LogP contribution in [0.15, 0.2) is 42.5 Å². The number of nitriles is 1. The van der Waals surface area contributed by atoms with Gasteiger partial charge in [-0.3, -0.25) is 4.79 Å². The SMILES string of the molecule is CC(C)c1ccc(C(=O)N[C@H]2CC[C@H](Nc3ccc(C#N)c(Cl)c3)CC2)cc1. The second-order valence-corrected chi connectivity index (χ2v) is 8.16. The van der Waals surface area contributed by atoms with Crippen molar-refractivity contribution in [3.63, 3.8) is 0 Å². The molecule has 146 valence electrons. The highest BCUT2D eigenvalue weighted by molar-refractivity contribution is 6.32. The smallest absolute Gasteiger partial charge is 0.251 e. The lowest BCUT2D eigenvalue weighted by Crippen LogP contribution is -2.40. The molecular formula is C23H26ClN3O. The molecule has 28 heavy (non-hydrogen) atoms. The monoisotopic (exact) mass is 395 g/mol. The lowest BCUT2D eigenvalue weighted by atomic mass is 9.90. The maximum absolute atomic E-state index is 12.5. The van der Waals surface area contributed by atoms with Crippen molar-refractivity contribution < 1.29 is 4.79 Å². The summed E-state index contributed by atoms with van der Waals surface area (Å²) >= 11 is 6.10. The maximum Gasteiger partial charge on any atom is 0.251 e. The van der Waals surface area contributed by atoms with E-state index in [1.165, 1.54) is 5.56 Å². The summed E-state index contributed by atoms with van der Waals surface area (Å²) < 4.78 is 0. The van der Waals surface area contributed by atoms with E-state index < -0.39 is 0 Å². The highest BCUT2D eigenvalue weighted by Gasteiger charge is 2.23. The minimum Gasteiger partial charge on any atom is -0.382 e. The minimum absolute atomic E-state index is 0.00518. The molecule has 1 fully saturated rings. The molecule has 1 saturated carbocycles. The Kier molecular flexibility index (Phi) is 6.59. The molecule has 1 aliphatic rings. The summed E-state index contributed by atoms with van der Waals surface area (Å²) in [6.07, 6.45) is 3.85. The fraction of sp³-hybridized carbons (Fsp3) is 0.391. The first-order valence-electron chi connectivity index (χ1n) is 9.83. The topological polar surface area (TPSA) is 64.9 Å². The predicted octanol–water partition coefficient (Wildman–Crippen LogP) is 5.49. The van der Waals surface area contributed by atoms with Crippen LogP contribution in [-0.4, -0.2) is 18.0 Å².